The van der Waals surface area contributed by atoms with Crippen molar-refractivity contribution in [2.24, 2.45) is 0 Å². The Kier molecular flexibility index (Phi) is 5.67. The van der Waals surface area contributed by atoms with Crippen molar-refractivity contribution in [2.45, 2.75) is 44.8 Å². The van der Waals surface area contributed by atoms with Crippen molar-refractivity contribution >= 4 is 5.78 Å². The minimum atomic E-state index is -2.84. The molecule has 0 radical (unpaired) electrons. The van der Waals surface area contributed by atoms with Crippen LogP contribution < -0.4 is 4.74 Å². The zero-order chi connectivity index (χ0) is 15.2. The molecule has 1 aromatic rings. The predicted molar refractivity (Wildman–Crippen MR) is 76.9 cm³/mol. The van der Waals surface area contributed by atoms with Crippen molar-refractivity contribution in [3.8, 4) is 5.75 Å². The van der Waals surface area contributed by atoms with E-state index in [0.717, 1.165) is 12.8 Å². The number of hydrogen-bond acceptors (Lipinski definition) is 3. The Balaban J connectivity index is 1.90. The highest BCUT2D eigenvalue weighted by Crippen LogP contribution is 2.22. The molecule has 21 heavy (non-hydrogen) atoms. The number of ketones is 1. The van der Waals surface area contributed by atoms with Gasteiger partial charge in [-0.3, -0.25) is 9.69 Å². The lowest BCUT2D eigenvalue weighted by Crippen LogP contribution is -2.37. The van der Waals surface area contributed by atoms with E-state index in [1.54, 1.807) is 0 Å². The lowest BCUT2D eigenvalue weighted by Gasteiger charge is -2.30. The topological polar surface area (TPSA) is 29.5 Å². The number of rotatable bonds is 6. The van der Waals surface area contributed by atoms with Gasteiger partial charge in [0.1, 0.15) is 5.75 Å². The maximum atomic E-state index is 12.2. The fraction of sp³-hybridized carbons (Fsp3) is 0.562. The molecule has 3 nitrogen and oxygen atoms in total. The number of alkyl halides is 2. The second-order valence-electron chi connectivity index (χ2n) is 5.53. The summed E-state index contributed by atoms with van der Waals surface area (Å²) in [4.78, 5) is 14.3. The zero-order valence-corrected chi connectivity index (χ0v) is 12.2. The second-order valence-corrected chi connectivity index (χ2v) is 5.53. The van der Waals surface area contributed by atoms with Gasteiger partial charge in [0.25, 0.3) is 0 Å². The third-order valence-corrected chi connectivity index (χ3v) is 3.99. The number of likely N-dealkylation sites (N-methyl/N-ethyl adjacent to an activating group) is 1. The molecule has 0 unspecified atom stereocenters. The molecule has 1 aliphatic rings. The van der Waals surface area contributed by atoms with Crippen molar-refractivity contribution in [1.29, 1.82) is 0 Å². The maximum Gasteiger partial charge on any atom is 0.387 e. The highest BCUT2D eigenvalue weighted by Gasteiger charge is 2.20. The minimum Gasteiger partial charge on any atom is -0.435 e. The Morgan fingerprint density at radius 1 is 1.24 bits per heavy atom. The Morgan fingerprint density at radius 2 is 1.86 bits per heavy atom. The lowest BCUT2D eigenvalue weighted by atomic mass is 9.94. The molecule has 0 spiro atoms. The van der Waals surface area contributed by atoms with Crippen LogP contribution in [0.2, 0.25) is 0 Å². The van der Waals surface area contributed by atoms with Crippen molar-refractivity contribution in [1.82, 2.24) is 4.90 Å². The van der Waals surface area contributed by atoms with Crippen LogP contribution in [0.25, 0.3) is 0 Å². The molecule has 1 saturated carbocycles. The molecule has 1 aromatic carbocycles. The summed E-state index contributed by atoms with van der Waals surface area (Å²) in [5.41, 5.74) is 0.527. The SMILES string of the molecule is CN(CC(=O)c1ccc(OC(F)F)cc1)C1CCCCC1. The molecule has 0 amide bonds. The first-order valence-electron chi connectivity index (χ1n) is 7.34. The van der Waals surface area contributed by atoms with Gasteiger partial charge < -0.3 is 4.74 Å². The van der Waals surface area contributed by atoms with Gasteiger partial charge in [0.15, 0.2) is 5.78 Å². The average Bonchev–Trinajstić information content (AvgIpc) is 2.48. The Hall–Kier alpha value is -1.49. The largest absolute Gasteiger partial charge is 0.435 e. The molecule has 1 aliphatic carbocycles. The third-order valence-electron chi connectivity index (χ3n) is 3.99. The molecular formula is C16H21F2NO2. The molecule has 0 N–H and O–H groups in total. The average molecular weight is 297 g/mol. The Labute approximate surface area is 123 Å². The first-order valence-corrected chi connectivity index (χ1v) is 7.34. The summed E-state index contributed by atoms with van der Waals surface area (Å²) in [6, 6.07) is 6.35. The van der Waals surface area contributed by atoms with Gasteiger partial charge in [-0.1, -0.05) is 19.3 Å². The van der Waals surface area contributed by atoms with Gasteiger partial charge in [-0.15, -0.1) is 0 Å². The van der Waals surface area contributed by atoms with Crippen molar-refractivity contribution in [3.63, 3.8) is 0 Å². The van der Waals surface area contributed by atoms with E-state index in [1.807, 2.05) is 7.05 Å². The van der Waals surface area contributed by atoms with Crippen LogP contribution >= 0.6 is 0 Å². The molecule has 0 heterocycles. The second kappa shape index (κ2) is 7.50. The minimum absolute atomic E-state index is 0.00618. The van der Waals surface area contributed by atoms with Crippen molar-refractivity contribution in [3.05, 3.63) is 29.8 Å². The predicted octanol–water partition coefficient (Wildman–Crippen LogP) is 3.74. The normalized spacial score (nSPS) is 16.4. The number of carbonyl (C=O) groups is 1. The first kappa shape index (κ1) is 15.9. The van der Waals surface area contributed by atoms with E-state index in [4.69, 9.17) is 0 Å². The van der Waals surface area contributed by atoms with Crippen LogP contribution in [0.3, 0.4) is 0 Å². The van der Waals surface area contributed by atoms with Crippen LogP contribution in [0.4, 0.5) is 8.78 Å². The molecule has 116 valence electrons. The van der Waals surface area contributed by atoms with Crippen LogP contribution in [-0.4, -0.2) is 36.9 Å². The van der Waals surface area contributed by atoms with Crippen molar-refractivity contribution < 1.29 is 18.3 Å². The fourth-order valence-corrected chi connectivity index (χ4v) is 2.79. The van der Waals surface area contributed by atoms with Gasteiger partial charge in [-0.05, 0) is 44.2 Å². The summed E-state index contributed by atoms with van der Waals surface area (Å²) in [7, 11) is 1.97. The van der Waals surface area contributed by atoms with Crippen LogP contribution in [0.15, 0.2) is 24.3 Å². The van der Waals surface area contributed by atoms with Crippen molar-refractivity contribution in [2.75, 3.05) is 13.6 Å². The van der Waals surface area contributed by atoms with Gasteiger partial charge >= 0.3 is 6.61 Å². The number of Topliss-reactive ketones (excluding diaryl/α,β-unsaturated/α-hetero) is 1. The molecule has 1 fully saturated rings. The van der Waals surface area contributed by atoms with Gasteiger partial charge in [-0.25, -0.2) is 0 Å². The molecule has 0 saturated heterocycles. The summed E-state index contributed by atoms with van der Waals surface area (Å²) >= 11 is 0. The molecule has 0 bridgehead atoms. The molecule has 0 aromatic heterocycles. The zero-order valence-electron chi connectivity index (χ0n) is 12.2. The Morgan fingerprint density at radius 3 is 2.43 bits per heavy atom. The summed E-state index contributed by atoms with van der Waals surface area (Å²) in [6.07, 6.45) is 6.02. The number of benzene rings is 1. The molecule has 5 heteroatoms. The number of nitrogens with zero attached hydrogens (tertiary/aromatic N) is 1. The number of hydrogen-bond donors (Lipinski definition) is 0. The summed E-state index contributed by atoms with van der Waals surface area (Å²) in [5, 5.41) is 0. The smallest absolute Gasteiger partial charge is 0.387 e. The van der Waals surface area contributed by atoms with Crippen LogP contribution in [-0.2, 0) is 0 Å². The summed E-state index contributed by atoms with van der Waals surface area (Å²) in [5.74, 6) is 0.0776. The van der Waals surface area contributed by atoms with E-state index in [0.29, 0.717) is 18.2 Å². The number of carbonyl (C=O) groups excluding carboxylic acids is 1. The summed E-state index contributed by atoms with van der Waals surface area (Å²) in [6.45, 7) is -2.48. The molecular weight excluding hydrogens is 276 g/mol. The van der Waals surface area contributed by atoms with E-state index in [9.17, 15) is 13.6 Å². The third kappa shape index (κ3) is 4.77. The number of ether oxygens (including phenoxy) is 1. The van der Waals surface area contributed by atoms with Gasteiger partial charge in [-0.2, -0.15) is 8.78 Å². The fourth-order valence-electron chi connectivity index (χ4n) is 2.79. The quantitative estimate of drug-likeness (QED) is 0.749. The monoisotopic (exact) mass is 297 g/mol. The van der Waals surface area contributed by atoms with E-state index in [1.165, 1.54) is 43.5 Å². The van der Waals surface area contributed by atoms with Gasteiger partial charge in [0.2, 0.25) is 0 Å². The first-order chi connectivity index (χ1) is 10.1. The van der Waals surface area contributed by atoms with E-state index < -0.39 is 6.61 Å². The summed E-state index contributed by atoms with van der Waals surface area (Å²) < 4.78 is 28.4. The van der Waals surface area contributed by atoms with Crippen LogP contribution in [0.5, 0.6) is 5.75 Å². The standard InChI is InChI=1S/C16H21F2NO2/c1-19(13-5-3-2-4-6-13)11-15(20)12-7-9-14(10-8-12)21-16(17)18/h7-10,13,16H,2-6,11H2,1H3. The van der Waals surface area contributed by atoms with Crippen LogP contribution in [0.1, 0.15) is 42.5 Å². The molecule has 0 atom stereocenters. The highest BCUT2D eigenvalue weighted by atomic mass is 19.3. The van der Waals surface area contributed by atoms with E-state index in [-0.39, 0.29) is 11.5 Å². The van der Waals surface area contributed by atoms with Gasteiger partial charge in [0, 0.05) is 11.6 Å². The molecule has 2 rings (SSSR count). The number of halogens is 2. The lowest BCUT2D eigenvalue weighted by molar-refractivity contribution is -0.0498. The van der Waals surface area contributed by atoms with Crippen LogP contribution in [0, 0.1) is 0 Å². The van der Waals surface area contributed by atoms with E-state index >= 15 is 0 Å². The maximum absolute atomic E-state index is 12.2. The Bertz CT molecular complexity index is 456. The van der Waals surface area contributed by atoms with Gasteiger partial charge in [0.05, 0.1) is 6.54 Å². The van der Waals surface area contributed by atoms with E-state index in [2.05, 4.69) is 9.64 Å². The molecule has 0 aliphatic heterocycles. The highest BCUT2D eigenvalue weighted by molar-refractivity contribution is 5.97.